The number of hydrogen-bond acceptors (Lipinski definition) is 6. The van der Waals surface area contributed by atoms with Gasteiger partial charge in [-0.25, -0.2) is 14.3 Å². The Hall–Kier alpha value is -3.75. The van der Waals surface area contributed by atoms with Crippen LogP contribution in [0.3, 0.4) is 0 Å². The van der Waals surface area contributed by atoms with E-state index in [1.165, 1.54) is 10.7 Å². The van der Waals surface area contributed by atoms with E-state index < -0.39 is 0 Å². The van der Waals surface area contributed by atoms with E-state index in [2.05, 4.69) is 20.1 Å². The van der Waals surface area contributed by atoms with Crippen molar-refractivity contribution in [1.29, 1.82) is 0 Å². The predicted octanol–water partition coefficient (Wildman–Crippen LogP) is 1.43. The first-order chi connectivity index (χ1) is 14.9. The summed E-state index contributed by atoms with van der Waals surface area (Å²) < 4.78 is 4.83. The molecule has 0 spiro atoms. The molecule has 0 unspecified atom stereocenters. The van der Waals surface area contributed by atoms with Crippen molar-refractivity contribution < 1.29 is 0 Å². The van der Waals surface area contributed by atoms with E-state index in [1.807, 2.05) is 38.1 Å². The van der Waals surface area contributed by atoms with Crippen molar-refractivity contribution in [1.82, 2.24) is 29.1 Å². The van der Waals surface area contributed by atoms with E-state index in [-0.39, 0.29) is 17.0 Å². The Morgan fingerprint density at radius 2 is 1.81 bits per heavy atom. The molecule has 5 rings (SSSR count). The van der Waals surface area contributed by atoms with Crippen molar-refractivity contribution in [2.24, 2.45) is 13.0 Å². The highest BCUT2D eigenvalue weighted by Crippen LogP contribution is 2.24. The molecule has 9 nitrogen and oxygen atoms in total. The maximum Gasteiger partial charge on any atom is 0.266 e. The molecule has 1 saturated heterocycles. The fourth-order valence-electron chi connectivity index (χ4n) is 4.13. The van der Waals surface area contributed by atoms with E-state index in [9.17, 15) is 9.59 Å². The van der Waals surface area contributed by atoms with Gasteiger partial charge in [0.15, 0.2) is 5.82 Å². The summed E-state index contributed by atoms with van der Waals surface area (Å²) in [5.74, 6) is 1.51. The highest BCUT2D eigenvalue weighted by atomic mass is 16.1. The summed E-state index contributed by atoms with van der Waals surface area (Å²) in [5, 5.41) is 9.59. The van der Waals surface area contributed by atoms with E-state index in [4.69, 9.17) is 0 Å². The molecule has 1 aliphatic rings. The molecular weight excluding hydrogens is 394 g/mol. The lowest BCUT2D eigenvalue weighted by atomic mass is 10.0. The molecule has 1 fully saturated rings. The predicted molar refractivity (Wildman–Crippen MR) is 118 cm³/mol. The number of para-hydroxylation sites is 1. The maximum atomic E-state index is 12.6. The second-order valence-electron chi connectivity index (χ2n) is 8.11. The molecular formula is C22H23N7O2. The number of rotatable bonds is 4. The highest BCUT2D eigenvalue weighted by Gasteiger charge is 2.30. The second kappa shape index (κ2) is 7.19. The van der Waals surface area contributed by atoms with E-state index >= 15 is 0 Å². The van der Waals surface area contributed by atoms with Crippen LogP contribution in [0.1, 0.15) is 11.4 Å². The van der Waals surface area contributed by atoms with Crippen LogP contribution in [-0.2, 0) is 13.6 Å². The average molecular weight is 417 g/mol. The maximum absolute atomic E-state index is 12.6. The van der Waals surface area contributed by atoms with Gasteiger partial charge in [-0.15, -0.1) is 5.10 Å². The molecule has 3 aromatic heterocycles. The SMILES string of the molecule is Cc1cc(C)n(-c2ccc(=O)n(CC3CN(c4nc5ccccc5c(=O)n4C)C3)n2)n1. The van der Waals surface area contributed by atoms with Crippen molar-refractivity contribution in [3.05, 3.63) is 74.6 Å². The van der Waals surface area contributed by atoms with Crippen molar-refractivity contribution in [3.8, 4) is 5.82 Å². The van der Waals surface area contributed by atoms with Gasteiger partial charge in [-0.2, -0.15) is 5.10 Å². The first kappa shape index (κ1) is 19.2. The molecule has 0 saturated carbocycles. The highest BCUT2D eigenvalue weighted by molar-refractivity contribution is 5.78. The average Bonchev–Trinajstić information content (AvgIpc) is 3.07. The van der Waals surface area contributed by atoms with Crippen LogP contribution in [0, 0.1) is 19.8 Å². The van der Waals surface area contributed by atoms with Gasteiger partial charge in [0.25, 0.3) is 11.1 Å². The number of anilines is 1. The molecule has 0 aliphatic carbocycles. The fraction of sp³-hybridized carbons (Fsp3) is 0.318. The molecule has 4 heterocycles. The zero-order valence-electron chi connectivity index (χ0n) is 17.7. The number of aromatic nitrogens is 6. The molecule has 9 heteroatoms. The summed E-state index contributed by atoms with van der Waals surface area (Å²) in [6.07, 6.45) is 0. The number of aryl methyl sites for hydroxylation is 2. The normalized spacial score (nSPS) is 14.2. The van der Waals surface area contributed by atoms with Gasteiger partial charge < -0.3 is 4.90 Å². The van der Waals surface area contributed by atoms with E-state index in [0.717, 1.165) is 11.4 Å². The van der Waals surface area contributed by atoms with Crippen LogP contribution in [0.2, 0.25) is 0 Å². The van der Waals surface area contributed by atoms with Crippen LogP contribution in [0.15, 0.2) is 52.1 Å². The van der Waals surface area contributed by atoms with Crippen LogP contribution < -0.4 is 16.0 Å². The van der Waals surface area contributed by atoms with Gasteiger partial charge in [-0.3, -0.25) is 14.2 Å². The van der Waals surface area contributed by atoms with Crippen LogP contribution in [0.4, 0.5) is 5.95 Å². The monoisotopic (exact) mass is 417 g/mol. The minimum atomic E-state index is -0.139. The molecule has 0 amide bonds. The van der Waals surface area contributed by atoms with Gasteiger partial charge in [0, 0.05) is 37.8 Å². The lowest BCUT2D eigenvalue weighted by molar-refractivity contribution is 0.327. The number of hydrogen-bond donors (Lipinski definition) is 0. The Morgan fingerprint density at radius 3 is 2.55 bits per heavy atom. The molecule has 0 atom stereocenters. The minimum absolute atomic E-state index is 0.0560. The third-order valence-corrected chi connectivity index (χ3v) is 5.71. The van der Waals surface area contributed by atoms with Gasteiger partial charge in [-0.1, -0.05) is 12.1 Å². The summed E-state index contributed by atoms with van der Waals surface area (Å²) in [5.41, 5.74) is 2.37. The minimum Gasteiger partial charge on any atom is -0.341 e. The van der Waals surface area contributed by atoms with Gasteiger partial charge in [0.05, 0.1) is 23.1 Å². The standard InChI is InChI=1S/C22H23N7O2/c1-14-10-15(2)29(24-14)19-8-9-20(30)28(25-19)13-16-11-27(12-16)22-23-18-7-5-4-6-17(18)21(31)26(22)3/h4-10,16H,11-13H2,1-3H3. The third-order valence-electron chi connectivity index (χ3n) is 5.71. The van der Waals surface area contributed by atoms with Crippen LogP contribution >= 0.6 is 0 Å². The smallest absolute Gasteiger partial charge is 0.266 e. The lowest BCUT2D eigenvalue weighted by Crippen LogP contribution is -2.51. The Morgan fingerprint density at radius 1 is 1.03 bits per heavy atom. The second-order valence-corrected chi connectivity index (χ2v) is 8.11. The largest absolute Gasteiger partial charge is 0.341 e. The Labute approximate surface area is 178 Å². The summed E-state index contributed by atoms with van der Waals surface area (Å²) in [7, 11) is 1.74. The molecule has 0 radical (unpaired) electrons. The lowest BCUT2D eigenvalue weighted by Gasteiger charge is -2.40. The molecule has 4 aromatic rings. The zero-order chi connectivity index (χ0) is 21.7. The zero-order valence-corrected chi connectivity index (χ0v) is 17.7. The molecule has 0 N–H and O–H groups in total. The number of nitrogens with zero attached hydrogens (tertiary/aromatic N) is 7. The van der Waals surface area contributed by atoms with Gasteiger partial charge in [-0.05, 0) is 38.1 Å². The number of fused-ring (bicyclic) bond motifs is 1. The quantitative estimate of drug-likeness (QED) is 0.499. The Bertz CT molecular complexity index is 1410. The summed E-state index contributed by atoms with van der Waals surface area (Å²) in [6, 6.07) is 12.6. The van der Waals surface area contributed by atoms with E-state index in [1.54, 1.807) is 28.4 Å². The topological polar surface area (TPSA) is 90.8 Å². The molecule has 0 bridgehead atoms. The van der Waals surface area contributed by atoms with Crippen molar-refractivity contribution >= 4 is 16.9 Å². The number of benzene rings is 1. The van der Waals surface area contributed by atoms with Crippen molar-refractivity contribution in [3.63, 3.8) is 0 Å². The van der Waals surface area contributed by atoms with Crippen LogP contribution in [0.5, 0.6) is 0 Å². The summed E-state index contributed by atoms with van der Waals surface area (Å²) >= 11 is 0. The van der Waals surface area contributed by atoms with Crippen molar-refractivity contribution in [2.75, 3.05) is 18.0 Å². The first-order valence-corrected chi connectivity index (χ1v) is 10.2. The van der Waals surface area contributed by atoms with Crippen LogP contribution in [-0.4, -0.2) is 42.2 Å². The molecule has 158 valence electrons. The Kier molecular flexibility index (Phi) is 4.46. The van der Waals surface area contributed by atoms with Gasteiger partial charge >= 0.3 is 0 Å². The summed E-state index contributed by atoms with van der Waals surface area (Å²) in [4.78, 5) is 31.7. The first-order valence-electron chi connectivity index (χ1n) is 10.2. The molecule has 1 aromatic carbocycles. The van der Waals surface area contributed by atoms with Gasteiger partial charge in [0.2, 0.25) is 5.95 Å². The van der Waals surface area contributed by atoms with Crippen LogP contribution in [0.25, 0.3) is 16.7 Å². The van der Waals surface area contributed by atoms with Gasteiger partial charge in [0.1, 0.15) is 0 Å². The van der Waals surface area contributed by atoms with Crippen molar-refractivity contribution in [2.45, 2.75) is 20.4 Å². The fourth-order valence-corrected chi connectivity index (χ4v) is 4.13. The third kappa shape index (κ3) is 3.31. The van der Waals surface area contributed by atoms with E-state index in [0.29, 0.717) is 42.3 Å². The summed E-state index contributed by atoms with van der Waals surface area (Å²) in [6.45, 7) is 5.80. The molecule has 1 aliphatic heterocycles. The molecule has 31 heavy (non-hydrogen) atoms. The Balaban J connectivity index is 1.36.